The minimum absolute atomic E-state index is 0.733. The molecule has 4 heteroatoms. The SMILES string of the molecule is C=CCN(CCOC)Cc1ccc(CNC2CC2)cn1. The molecule has 0 unspecified atom stereocenters. The average Bonchev–Trinajstić information content (AvgIpc) is 3.28. The number of pyridine rings is 1. The van der Waals surface area contributed by atoms with Gasteiger partial charge in [-0.25, -0.2) is 0 Å². The molecule has 1 fully saturated rings. The quantitative estimate of drug-likeness (QED) is 0.663. The number of nitrogens with one attached hydrogen (secondary N) is 1. The molecule has 0 atom stereocenters. The van der Waals surface area contributed by atoms with Crippen LogP contribution in [0.25, 0.3) is 0 Å². The molecule has 0 spiro atoms. The Hall–Kier alpha value is -1.23. The zero-order valence-electron chi connectivity index (χ0n) is 12.3. The largest absolute Gasteiger partial charge is 0.383 e. The van der Waals surface area contributed by atoms with Crippen molar-refractivity contribution >= 4 is 0 Å². The molecule has 1 aromatic heterocycles. The Morgan fingerprint density at radius 2 is 2.35 bits per heavy atom. The van der Waals surface area contributed by atoms with Gasteiger partial charge in [-0.2, -0.15) is 0 Å². The Kier molecular flexibility index (Phi) is 6.18. The van der Waals surface area contributed by atoms with Crippen molar-refractivity contribution in [3.63, 3.8) is 0 Å². The lowest BCUT2D eigenvalue weighted by molar-refractivity contribution is 0.150. The first-order chi connectivity index (χ1) is 9.81. The fourth-order valence-electron chi connectivity index (χ4n) is 2.07. The van der Waals surface area contributed by atoms with Crippen molar-refractivity contribution in [1.82, 2.24) is 15.2 Å². The number of hydrogen-bond acceptors (Lipinski definition) is 4. The minimum Gasteiger partial charge on any atom is -0.383 e. The molecule has 110 valence electrons. The van der Waals surface area contributed by atoms with Crippen molar-refractivity contribution in [2.24, 2.45) is 0 Å². The number of hydrogen-bond donors (Lipinski definition) is 1. The first-order valence-electron chi connectivity index (χ1n) is 7.31. The van der Waals surface area contributed by atoms with Gasteiger partial charge in [-0.3, -0.25) is 9.88 Å². The van der Waals surface area contributed by atoms with E-state index in [-0.39, 0.29) is 0 Å². The van der Waals surface area contributed by atoms with Crippen molar-refractivity contribution in [2.45, 2.75) is 32.0 Å². The molecule has 0 amide bonds. The molecule has 1 N–H and O–H groups in total. The van der Waals surface area contributed by atoms with Gasteiger partial charge in [0, 0.05) is 45.5 Å². The predicted molar refractivity (Wildman–Crippen MR) is 81.4 cm³/mol. The highest BCUT2D eigenvalue weighted by Gasteiger charge is 2.19. The minimum atomic E-state index is 0.733. The summed E-state index contributed by atoms with van der Waals surface area (Å²) in [6.07, 6.45) is 6.54. The van der Waals surface area contributed by atoms with E-state index in [0.717, 1.165) is 44.5 Å². The summed E-state index contributed by atoms with van der Waals surface area (Å²) in [6, 6.07) is 5.03. The fourth-order valence-corrected chi connectivity index (χ4v) is 2.07. The molecule has 0 aromatic carbocycles. The van der Waals surface area contributed by atoms with Crippen LogP contribution in [0.15, 0.2) is 31.0 Å². The van der Waals surface area contributed by atoms with Crippen LogP contribution in [0.4, 0.5) is 0 Å². The van der Waals surface area contributed by atoms with E-state index in [2.05, 4.69) is 33.9 Å². The molecule has 0 saturated heterocycles. The zero-order valence-corrected chi connectivity index (χ0v) is 12.3. The van der Waals surface area contributed by atoms with Crippen molar-refractivity contribution < 1.29 is 4.74 Å². The maximum Gasteiger partial charge on any atom is 0.0589 e. The molecule has 1 aromatic rings. The normalized spacial score (nSPS) is 14.7. The van der Waals surface area contributed by atoms with Crippen LogP contribution in [-0.4, -0.2) is 42.7 Å². The molecule has 0 bridgehead atoms. The summed E-state index contributed by atoms with van der Waals surface area (Å²) in [5, 5.41) is 3.50. The summed E-state index contributed by atoms with van der Waals surface area (Å²) in [6.45, 7) is 8.06. The predicted octanol–water partition coefficient (Wildman–Crippen LogP) is 1.97. The molecule has 20 heavy (non-hydrogen) atoms. The first kappa shape index (κ1) is 15.2. The second-order valence-electron chi connectivity index (χ2n) is 5.33. The van der Waals surface area contributed by atoms with Crippen molar-refractivity contribution in [3.8, 4) is 0 Å². The molecule has 0 aliphatic heterocycles. The smallest absolute Gasteiger partial charge is 0.0589 e. The second-order valence-corrected chi connectivity index (χ2v) is 5.33. The van der Waals surface area contributed by atoms with Crippen LogP contribution in [0.1, 0.15) is 24.1 Å². The third-order valence-electron chi connectivity index (χ3n) is 3.44. The van der Waals surface area contributed by atoms with Crippen molar-refractivity contribution in [2.75, 3.05) is 26.8 Å². The van der Waals surface area contributed by atoms with E-state index < -0.39 is 0 Å². The number of ether oxygens (including phenoxy) is 1. The Bertz CT molecular complexity index is 401. The molecule has 1 heterocycles. The van der Waals surface area contributed by atoms with Gasteiger partial charge >= 0.3 is 0 Å². The molecular weight excluding hydrogens is 250 g/mol. The highest BCUT2D eigenvalue weighted by Crippen LogP contribution is 2.19. The summed E-state index contributed by atoms with van der Waals surface area (Å²) < 4.78 is 5.13. The van der Waals surface area contributed by atoms with Gasteiger partial charge in [-0.1, -0.05) is 12.1 Å². The van der Waals surface area contributed by atoms with Crippen LogP contribution in [0.5, 0.6) is 0 Å². The lowest BCUT2D eigenvalue weighted by Gasteiger charge is -2.19. The van der Waals surface area contributed by atoms with Crippen molar-refractivity contribution in [3.05, 3.63) is 42.2 Å². The van der Waals surface area contributed by atoms with Gasteiger partial charge in [-0.15, -0.1) is 6.58 Å². The van der Waals surface area contributed by atoms with Gasteiger partial charge in [-0.05, 0) is 24.5 Å². The Morgan fingerprint density at radius 1 is 1.50 bits per heavy atom. The van der Waals surface area contributed by atoms with Crippen LogP contribution in [0.3, 0.4) is 0 Å². The van der Waals surface area contributed by atoms with E-state index in [1.54, 1.807) is 7.11 Å². The van der Waals surface area contributed by atoms with Gasteiger partial charge in [0.2, 0.25) is 0 Å². The maximum atomic E-state index is 5.13. The van der Waals surface area contributed by atoms with Crippen molar-refractivity contribution in [1.29, 1.82) is 0 Å². The van der Waals surface area contributed by atoms with Gasteiger partial charge < -0.3 is 10.1 Å². The zero-order chi connectivity index (χ0) is 14.2. The highest BCUT2D eigenvalue weighted by molar-refractivity contribution is 5.14. The topological polar surface area (TPSA) is 37.4 Å². The summed E-state index contributed by atoms with van der Waals surface area (Å²) in [7, 11) is 1.73. The van der Waals surface area contributed by atoms with Gasteiger partial charge in [0.05, 0.1) is 12.3 Å². The monoisotopic (exact) mass is 275 g/mol. The summed E-state index contributed by atoms with van der Waals surface area (Å²) in [5.74, 6) is 0. The molecule has 4 nitrogen and oxygen atoms in total. The van der Waals surface area contributed by atoms with E-state index in [1.165, 1.54) is 18.4 Å². The summed E-state index contributed by atoms with van der Waals surface area (Å²) in [5.41, 5.74) is 2.35. The molecule has 1 aliphatic carbocycles. The second kappa shape index (κ2) is 8.15. The van der Waals surface area contributed by atoms with E-state index in [4.69, 9.17) is 4.74 Å². The standard InChI is InChI=1S/C16H25N3O/c1-3-8-19(9-10-20-2)13-16-5-4-14(12-18-16)11-17-15-6-7-15/h3-5,12,15,17H,1,6-11,13H2,2H3. The number of aromatic nitrogens is 1. The van der Waals surface area contributed by atoms with Crippen LogP contribution < -0.4 is 5.32 Å². The average molecular weight is 275 g/mol. The number of methoxy groups -OCH3 is 1. The number of rotatable bonds is 10. The molecule has 2 rings (SSSR count). The highest BCUT2D eigenvalue weighted by atomic mass is 16.5. The molecule has 1 aliphatic rings. The first-order valence-corrected chi connectivity index (χ1v) is 7.31. The van der Waals surface area contributed by atoms with E-state index in [9.17, 15) is 0 Å². The van der Waals surface area contributed by atoms with Crippen LogP contribution in [0, 0.1) is 0 Å². The summed E-state index contributed by atoms with van der Waals surface area (Å²) in [4.78, 5) is 6.83. The van der Waals surface area contributed by atoms with Gasteiger partial charge in [0.15, 0.2) is 0 Å². The van der Waals surface area contributed by atoms with Crippen LogP contribution >= 0.6 is 0 Å². The molecular formula is C16H25N3O. The third kappa shape index (κ3) is 5.41. The van der Waals surface area contributed by atoms with E-state index in [0.29, 0.717) is 0 Å². The lowest BCUT2D eigenvalue weighted by atomic mass is 10.2. The maximum absolute atomic E-state index is 5.13. The number of nitrogens with zero attached hydrogens (tertiary/aromatic N) is 2. The van der Waals surface area contributed by atoms with Gasteiger partial charge in [0.1, 0.15) is 0 Å². The Morgan fingerprint density at radius 3 is 2.95 bits per heavy atom. The van der Waals surface area contributed by atoms with Crippen LogP contribution in [0.2, 0.25) is 0 Å². The molecule has 0 radical (unpaired) electrons. The van der Waals surface area contributed by atoms with Crippen LogP contribution in [-0.2, 0) is 17.8 Å². The van der Waals surface area contributed by atoms with Gasteiger partial charge in [0.25, 0.3) is 0 Å². The molecule has 1 saturated carbocycles. The Labute approximate surface area is 121 Å². The Balaban J connectivity index is 1.81. The fraction of sp³-hybridized carbons (Fsp3) is 0.562. The van der Waals surface area contributed by atoms with E-state index >= 15 is 0 Å². The lowest BCUT2D eigenvalue weighted by Crippen LogP contribution is -2.27. The summed E-state index contributed by atoms with van der Waals surface area (Å²) >= 11 is 0. The van der Waals surface area contributed by atoms with E-state index in [1.807, 2.05) is 12.3 Å². The third-order valence-corrected chi connectivity index (χ3v) is 3.44.